The SMILES string of the molecule is CN(C)C(=O)N[C@@H]1CCCN(c2cnc(C(N)=O)c(Nc3ccc(C4(CN)CCCC4)cc3)n2)C1. The highest BCUT2D eigenvalue weighted by molar-refractivity contribution is 5.96. The molecule has 188 valence electrons. The van der Waals surface area contributed by atoms with E-state index in [1.54, 1.807) is 20.3 Å². The van der Waals surface area contributed by atoms with Crippen molar-refractivity contribution in [3.8, 4) is 0 Å². The minimum atomic E-state index is -0.647. The van der Waals surface area contributed by atoms with Crippen LogP contribution in [0.1, 0.15) is 54.6 Å². The van der Waals surface area contributed by atoms with Crippen LogP contribution in [0.2, 0.25) is 0 Å². The lowest BCUT2D eigenvalue weighted by Crippen LogP contribution is -2.50. The summed E-state index contributed by atoms with van der Waals surface area (Å²) in [7, 11) is 3.44. The Bertz CT molecular complexity index is 1050. The van der Waals surface area contributed by atoms with Crippen LogP contribution in [0.5, 0.6) is 0 Å². The second-order valence-electron chi connectivity index (χ2n) is 9.81. The number of nitrogens with two attached hydrogens (primary N) is 2. The van der Waals surface area contributed by atoms with E-state index in [2.05, 4.69) is 32.7 Å². The number of rotatable bonds is 7. The highest BCUT2D eigenvalue weighted by Crippen LogP contribution is 2.40. The number of nitrogens with one attached hydrogen (secondary N) is 2. The number of nitrogens with zero attached hydrogens (tertiary/aromatic N) is 4. The number of primary amides is 1. The van der Waals surface area contributed by atoms with Gasteiger partial charge in [0.1, 0.15) is 5.82 Å². The predicted octanol–water partition coefficient (Wildman–Crippen LogP) is 2.33. The molecule has 1 aromatic carbocycles. The van der Waals surface area contributed by atoms with Gasteiger partial charge in [-0.15, -0.1) is 0 Å². The lowest BCUT2D eigenvalue weighted by Gasteiger charge is -2.34. The van der Waals surface area contributed by atoms with Gasteiger partial charge in [-0.05, 0) is 43.4 Å². The number of amides is 3. The molecule has 1 saturated heterocycles. The van der Waals surface area contributed by atoms with Crippen LogP contribution in [-0.4, -0.2) is 66.6 Å². The molecule has 1 aliphatic carbocycles. The van der Waals surface area contributed by atoms with Crippen LogP contribution in [0, 0.1) is 0 Å². The Kier molecular flexibility index (Phi) is 7.39. The second-order valence-corrected chi connectivity index (χ2v) is 9.81. The topological polar surface area (TPSA) is 142 Å². The fourth-order valence-electron chi connectivity index (χ4n) is 5.11. The zero-order valence-electron chi connectivity index (χ0n) is 20.6. The van der Waals surface area contributed by atoms with E-state index < -0.39 is 5.91 Å². The first kappa shape index (κ1) is 24.7. The Morgan fingerprint density at radius 3 is 2.51 bits per heavy atom. The first-order valence-corrected chi connectivity index (χ1v) is 12.3. The fourth-order valence-corrected chi connectivity index (χ4v) is 5.11. The van der Waals surface area contributed by atoms with E-state index in [1.165, 1.54) is 23.3 Å². The van der Waals surface area contributed by atoms with E-state index in [9.17, 15) is 9.59 Å². The molecular weight excluding hydrogens is 444 g/mol. The monoisotopic (exact) mass is 480 g/mol. The van der Waals surface area contributed by atoms with E-state index in [1.807, 2.05) is 12.1 Å². The van der Waals surface area contributed by atoms with Crippen LogP contribution in [0.4, 0.5) is 22.1 Å². The summed E-state index contributed by atoms with van der Waals surface area (Å²) in [6.07, 6.45) is 8.00. The normalized spacial score (nSPS) is 19.3. The quantitative estimate of drug-likeness (QED) is 0.476. The van der Waals surface area contributed by atoms with Crippen LogP contribution in [0.15, 0.2) is 30.5 Å². The molecule has 2 heterocycles. The largest absolute Gasteiger partial charge is 0.364 e. The summed E-state index contributed by atoms with van der Waals surface area (Å²) in [5, 5.41) is 6.27. The molecule has 3 amide bonds. The molecule has 6 N–H and O–H groups in total. The van der Waals surface area contributed by atoms with Crippen molar-refractivity contribution in [1.29, 1.82) is 0 Å². The van der Waals surface area contributed by atoms with Crippen LogP contribution in [0.3, 0.4) is 0 Å². The van der Waals surface area contributed by atoms with Gasteiger partial charge in [-0.2, -0.15) is 0 Å². The van der Waals surface area contributed by atoms with Crippen molar-refractivity contribution >= 4 is 29.3 Å². The number of anilines is 3. The van der Waals surface area contributed by atoms with Crippen molar-refractivity contribution in [3.05, 3.63) is 41.7 Å². The average molecular weight is 481 g/mol. The molecule has 1 saturated carbocycles. The Hall–Kier alpha value is -3.40. The van der Waals surface area contributed by atoms with Gasteiger partial charge in [0, 0.05) is 50.9 Å². The molecule has 10 nitrogen and oxygen atoms in total. The van der Waals surface area contributed by atoms with Gasteiger partial charge in [-0.25, -0.2) is 14.8 Å². The zero-order chi connectivity index (χ0) is 25.0. The molecule has 1 aromatic heterocycles. The fraction of sp³-hybridized carbons (Fsp3) is 0.520. The van der Waals surface area contributed by atoms with Crippen LogP contribution in [-0.2, 0) is 5.41 Å². The van der Waals surface area contributed by atoms with Crippen molar-refractivity contribution in [2.45, 2.75) is 50.0 Å². The zero-order valence-corrected chi connectivity index (χ0v) is 20.6. The summed E-state index contributed by atoms with van der Waals surface area (Å²) in [6, 6.07) is 8.06. The summed E-state index contributed by atoms with van der Waals surface area (Å²) in [6.45, 7) is 2.04. The Balaban J connectivity index is 1.53. The second kappa shape index (κ2) is 10.5. The molecule has 2 fully saturated rings. The van der Waals surface area contributed by atoms with E-state index in [4.69, 9.17) is 16.5 Å². The first-order valence-electron chi connectivity index (χ1n) is 12.3. The first-order chi connectivity index (χ1) is 16.8. The number of piperidine rings is 1. The van der Waals surface area contributed by atoms with E-state index in [-0.39, 0.29) is 23.2 Å². The third-order valence-electron chi connectivity index (χ3n) is 7.18. The molecule has 10 heteroatoms. The molecular formula is C25H36N8O2. The summed E-state index contributed by atoms with van der Waals surface area (Å²) in [5.41, 5.74) is 13.9. The molecule has 4 rings (SSSR count). The van der Waals surface area contributed by atoms with Gasteiger partial charge in [-0.3, -0.25) is 4.79 Å². The van der Waals surface area contributed by atoms with Crippen molar-refractivity contribution in [2.24, 2.45) is 11.5 Å². The number of hydrogen-bond acceptors (Lipinski definition) is 7. The number of aromatic nitrogens is 2. The summed E-state index contributed by atoms with van der Waals surface area (Å²) >= 11 is 0. The molecule has 2 aliphatic rings. The lowest BCUT2D eigenvalue weighted by molar-refractivity contribution is 0.0996. The van der Waals surface area contributed by atoms with Gasteiger partial charge >= 0.3 is 6.03 Å². The summed E-state index contributed by atoms with van der Waals surface area (Å²) in [4.78, 5) is 36.7. The molecule has 0 radical (unpaired) electrons. The van der Waals surface area contributed by atoms with Gasteiger partial charge < -0.3 is 31.9 Å². The van der Waals surface area contributed by atoms with E-state index in [0.717, 1.165) is 37.9 Å². The van der Waals surface area contributed by atoms with Crippen molar-refractivity contribution < 1.29 is 9.59 Å². The third kappa shape index (κ3) is 5.48. The minimum Gasteiger partial charge on any atom is -0.364 e. The Morgan fingerprint density at radius 2 is 1.89 bits per heavy atom. The van der Waals surface area contributed by atoms with E-state index in [0.29, 0.717) is 24.7 Å². The maximum atomic E-state index is 12.1. The maximum absolute atomic E-state index is 12.1. The van der Waals surface area contributed by atoms with Crippen LogP contribution in [0.25, 0.3) is 0 Å². The van der Waals surface area contributed by atoms with Gasteiger partial charge in [0.25, 0.3) is 5.91 Å². The molecule has 0 bridgehead atoms. The number of carbonyl (C=O) groups excluding carboxylic acids is 2. The average Bonchev–Trinajstić information content (AvgIpc) is 3.35. The summed E-state index contributed by atoms with van der Waals surface area (Å²) in [5.74, 6) is 0.300. The minimum absolute atomic E-state index is 0.00525. The molecule has 0 spiro atoms. The van der Waals surface area contributed by atoms with E-state index >= 15 is 0 Å². The molecule has 0 unspecified atom stereocenters. The standard InChI is InChI=1S/C25H36N8O2/c1-32(2)24(35)30-19-6-5-13-33(15-19)20-14-28-21(22(27)34)23(31-20)29-18-9-7-17(8-10-18)25(16-26)11-3-4-12-25/h7-10,14,19H,3-6,11-13,15-16,26H2,1-2H3,(H2,27,34)(H,29,31)(H,30,35)/t19-/m1/s1. The Morgan fingerprint density at radius 1 is 1.17 bits per heavy atom. The molecule has 35 heavy (non-hydrogen) atoms. The lowest BCUT2D eigenvalue weighted by atomic mass is 9.79. The number of carbonyl (C=O) groups is 2. The Labute approximate surface area is 206 Å². The predicted molar refractivity (Wildman–Crippen MR) is 137 cm³/mol. The number of hydrogen-bond donors (Lipinski definition) is 4. The summed E-state index contributed by atoms with van der Waals surface area (Å²) < 4.78 is 0. The van der Waals surface area contributed by atoms with Crippen molar-refractivity contribution in [3.63, 3.8) is 0 Å². The van der Waals surface area contributed by atoms with Crippen LogP contribution < -0.4 is 27.0 Å². The smallest absolute Gasteiger partial charge is 0.317 e. The van der Waals surface area contributed by atoms with Crippen molar-refractivity contribution in [2.75, 3.05) is 43.9 Å². The van der Waals surface area contributed by atoms with Gasteiger partial charge in [-0.1, -0.05) is 25.0 Å². The molecule has 2 aromatic rings. The van der Waals surface area contributed by atoms with Gasteiger partial charge in [0.15, 0.2) is 11.5 Å². The third-order valence-corrected chi connectivity index (χ3v) is 7.18. The van der Waals surface area contributed by atoms with Gasteiger partial charge in [0.2, 0.25) is 0 Å². The molecule has 1 atom stereocenters. The van der Waals surface area contributed by atoms with Crippen molar-refractivity contribution in [1.82, 2.24) is 20.2 Å². The number of urea groups is 1. The van der Waals surface area contributed by atoms with Gasteiger partial charge in [0.05, 0.1) is 6.20 Å². The number of benzene rings is 1. The highest BCUT2D eigenvalue weighted by Gasteiger charge is 2.34. The molecule has 1 aliphatic heterocycles. The van der Waals surface area contributed by atoms with Crippen LogP contribution >= 0.6 is 0 Å². The maximum Gasteiger partial charge on any atom is 0.317 e. The highest BCUT2D eigenvalue weighted by atomic mass is 16.2.